The Kier molecular flexibility index (Phi) is 12.6. The Bertz CT molecular complexity index is 2170. The first-order valence-corrected chi connectivity index (χ1v) is 19.4. The summed E-state index contributed by atoms with van der Waals surface area (Å²) in [5, 5.41) is 30.8. The first kappa shape index (κ1) is 38.6. The van der Waals surface area contributed by atoms with Gasteiger partial charge >= 0.3 is 6.09 Å². The van der Waals surface area contributed by atoms with Crippen molar-refractivity contribution in [2.24, 2.45) is 5.92 Å². The van der Waals surface area contributed by atoms with Crippen molar-refractivity contribution in [3.05, 3.63) is 141 Å². The number of alkyl carbamates (subject to hydrolysis) is 1. The summed E-state index contributed by atoms with van der Waals surface area (Å²) >= 11 is 0. The van der Waals surface area contributed by atoms with Crippen LogP contribution in [0.3, 0.4) is 0 Å². The van der Waals surface area contributed by atoms with Crippen LogP contribution in [0.15, 0.2) is 108 Å². The minimum atomic E-state index is -0.831. The predicted octanol–water partition coefficient (Wildman–Crippen LogP) is 5.56. The number of carbonyl (C=O) groups is 2. The minimum Gasteiger partial charge on any atom is -0.506 e. The number of carbonyl (C=O) groups excluding carboxylic acids is 2. The molecule has 0 spiro atoms. The van der Waals surface area contributed by atoms with Gasteiger partial charge in [-0.1, -0.05) is 60.7 Å². The summed E-state index contributed by atoms with van der Waals surface area (Å²) in [6.07, 6.45) is 2.31. The predicted molar refractivity (Wildman–Crippen MR) is 214 cm³/mol. The van der Waals surface area contributed by atoms with E-state index >= 15 is 0 Å². The molecule has 8 rings (SSSR count). The van der Waals surface area contributed by atoms with E-state index < -0.39 is 18.2 Å². The van der Waals surface area contributed by atoms with Crippen LogP contribution in [0.2, 0.25) is 0 Å². The summed E-state index contributed by atoms with van der Waals surface area (Å²) in [5.41, 5.74) is 3.77. The summed E-state index contributed by atoms with van der Waals surface area (Å²) in [6.45, 7) is 4.63. The zero-order chi connectivity index (χ0) is 38.9. The topological polar surface area (TPSA) is 165 Å². The van der Waals surface area contributed by atoms with E-state index in [2.05, 4.69) is 25.8 Å². The van der Waals surface area contributed by atoms with Gasteiger partial charge in [0.1, 0.15) is 24.2 Å². The highest BCUT2D eigenvalue weighted by atomic mass is 16.6. The number of hydrogen-bond acceptors (Lipinski definition) is 9. The van der Waals surface area contributed by atoms with E-state index in [1.54, 1.807) is 18.2 Å². The van der Waals surface area contributed by atoms with Gasteiger partial charge < -0.3 is 40.6 Å². The number of pyridine rings is 1. The lowest BCUT2D eigenvalue weighted by molar-refractivity contribution is -0.0336. The fraction of sp³-hybridized carbons (Fsp3) is 0.341. The highest BCUT2D eigenvalue weighted by molar-refractivity contribution is 5.94. The van der Waals surface area contributed by atoms with E-state index in [-0.39, 0.29) is 29.9 Å². The lowest BCUT2D eigenvalue weighted by atomic mass is 9.86. The highest BCUT2D eigenvalue weighted by Gasteiger charge is 2.37. The molecule has 0 aliphatic carbocycles. The first-order valence-electron chi connectivity index (χ1n) is 19.4. The Balaban J connectivity index is 0.866. The molecule has 2 bridgehead atoms. The largest absolute Gasteiger partial charge is 0.506 e. The monoisotopic (exact) mass is 759 g/mol. The van der Waals surface area contributed by atoms with Gasteiger partial charge in [-0.25, -0.2) is 4.79 Å². The van der Waals surface area contributed by atoms with Crippen LogP contribution >= 0.6 is 0 Å². The number of nitrogens with zero attached hydrogens (tertiary/aromatic N) is 1. The average molecular weight is 760 g/mol. The van der Waals surface area contributed by atoms with Gasteiger partial charge in [-0.15, -0.1) is 0 Å². The number of benzene rings is 4. The van der Waals surface area contributed by atoms with E-state index in [0.29, 0.717) is 53.3 Å². The van der Waals surface area contributed by atoms with E-state index in [1.807, 2.05) is 72.8 Å². The van der Waals surface area contributed by atoms with Gasteiger partial charge in [-0.05, 0) is 110 Å². The summed E-state index contributed by atoms with van der Waals surface area (Å²) in [6, 6.07) is 30.5. The number of H-pyrrole nitrogens is 1. The smallest absolute Gasteiger partial charge is 0.408 e. The molecule has 5 aromatic rings. The minimum absolute atomic E-state index is 0.0489. The number of hydrogen-bond donors (Lipinski definition) is 6. The van der Waals surface area contributed by atoms with Crippen LogP contribution in [0, 0.1) is 5.92 Å². The number of unbranched alkanes of at least 4 members (excludes halogenated alkanes) is 1. The maximum atomic E-state index is 13.2. The molecule has 3 atom stereocenters. The van der Waals surface area contributed by atoms with Crippen molar-refractivity contribution >= 4 is 22.9 Å². The molecular formula is C44H49N5O7. The Hall–Kier alpha value is -5.69. The molecule has 3 saturated heterocycles. The number of aromatic amines is 1. The Morgan fingerprint density at radius 3 is 2.46 bits per heavy atom. The standard InChI is InChI=1S/C44H49N5O7/c50-37-16-14-35(36-15-17-40(52)47-42(36)37)38(51)26-45-20-4-5-21-46-43(53)33-12-6-8-29(24-33)28-55-34-13-7-11-32(25-34)41(31-9-2-1-3-10-31)48-44(54)56-39-27-49-22-18-30(39)19-23-49/h1-3,6-17,24-25,30,38-39,41,45,50-51H,4-5,18-23,26-28H2,(H,46,53)(H,47,52)(H,48,54)/t38-,39-,41-/m0/s1. The summed E-state index contributed by atoms with van der Waals surface area (Å²) in [4.78, 5) is 42.9. The highest BCUT2D eigenvalue weighted by Crippen LogP contribution is 2.31. The van der Waals surface area contributed by atoms with Crippen LogP contribution in [-0.4, -0.2) is 77.5 Å². The van der Waals surface area contributed by atoms with Gasteiger partial charge in [0.15, 0.2) is 0 Å². The molecule has 3 aliphatic heterocycles. The molecule has 2 amide bonds. The van der Waals surface area contributed by atoms with Crippen LogP contribution in [0.1, 0.15) is 70.4 Å². The molecule has 0 radical (unpaired) electrons. The van der Waals surface area contributed by atoms with Crippen molar-refractivity contribution in [2.75, 3.05) is 39.3 Å². The second kappa shape index (κ2) is 18.3. The Morgan fingerprint density at radius 1 is 0.875 bits per heavy atom. The second-order valence-electron chi connectivity index (χ2n) is 14.6. The molecule has 3 fully saturated rings. The number of fused-ring (bicyclic) bond motifs is 4. The number of aromatic hydroxyl groups is 1. The third-order valence-electron chi connectivity index (χ3n) is 10.7. The number of aliphatic hydroxyl groups is 1. The average Bonchev–Trinajstić information content (AvgIpc) is 3.23. The molecular weight excluding hydrogens is 711 g/mol. The quantitative estimate of drug-likeness (QED) is 0.0708. The normalized spacial score (nSPS) is 18.6. The second-order valence-corrected chi connectivity index (χ2v) is 14.6. The number of amides is 2. The first-order chi connectivity index (χ1) is 27.3. The number of phenols is 1. The maximum absolute atomic E-state index is 13.2. The third kappa shape index (κ3) is 9.75. The van der Waals surface area contributed by atoms with E-state index in [1.165, 1.54) is 12.1 Å². The van der Waals surface area contributed by atoms with Crippen molar-refractivity contribution in [2.45, 2.75) is 50.5 Å². The molecule has 0 unspecified atom stereocenters. The van der Waals surface area contributed by atoms with Crippen LogP contribution in [0.4, 0.5) is 4.79 Å². The van der Waals surface area contributed by atoms with Crippen LogP contribution in [-0.2, 0) is 11.3 Å². The molecule has 4 heterocycles. The molecule has 12 heteroatoms. The van der Waals surface area contributed by atoms with Gasteiger partial charge in [-0.2, -0.15) is 0 Å². The Morgan fingerprint density at radius 2 is 1.66 bits per heavy atom. The molecule has 12 nitrogen and oxygen atoms in total. The molecule has 56 heavy (non-hydrogen) atoms. The van der Waals surface area contributed by atoms with Crippen molar-refractivity contribution in [3.63, 3.8) is 0 Å². The summed E-state index contributed by atoms with van der Waals surface area (Å²) < 4.78 is 12.2. The number of rotatable bonds is 16. The number of aliphatic hydroxyl groups excluding tert-OH is 1. The number of ether oxygens (including phenoxy) is 2. The SMILES string of the molecule is O=C(N[C@@H](c1ccccc1)c1cccc(OCc2cccc(C(=O)NCCCCNC[C@H](O)c3ccc(O)c4[nH]c(=O)ccc34)c2)c1)O[C@H]1CN2CCC1CC2. The zero-order valence-corrected chi connectivity index (χ0v) is 31.3. The zero-order valence-electron chi connectivity index (χ0n) is 31.3. The maximum Gasteiger partial charge on any atom is 0.408 e. The van der Waals surface area contributed by atoms with Crippen molar-refractivity contribution in [1.29, 1.82) is 0 Å². The van der Waals surface area contributed by atoms with Gasteiger partial charge in [0.05, 0.1) is 17.7 Å². The van der Waals surface area contributed by atoms with Gasteiger partial charge in [0.25, 0.3) is 5.91 Å². The molecule has 3 aliphatic rings. The van der Waals surface area contributed by atoms with E-state index in [9.17, 15) is 24.6 Å². The third-order valence-corrected chi connectivity index (χ3v) is 10.7. The fourth-order valence-corrected chi connectivity index (χ4v) is 7.67. The number of piperidine rings is 3. The van der Waals surface area contributed by atoms with Crippen LogP contribution < -0.4 is 26.2 Å². The summed E-state index contributed by atoms with van der Waals surface area (Å²) in [5.74, 6) is 0.837. The lowest BCUT2D eigenvalue weighted by Crippen LogP contribution is -2.52. The van der Waals surface area contributed by atoms with E-state index in [0.717, 1.165) is 62.0 Å². The van der Waals surface area contributed by atoms with Gasteiger partial charge in [0.2, 0.25) is 5.56 Å². The van der Waals surface area contributed by atoms with Gasteiger partial charge in [0, 0.05) is 36.7 Å². The van der Waals surface area contributed by atoms with Gasteiger partial charge in [-0.3, -0.25) is 14.5 Å². The molecule has 6 N–H and O–H groups in total. The van der Waals surface area contributed by atoms with Crippen molar-refractivity contribution in [1.82, 2.24) is 25.8 Å². The van der Waals surface area contributed by atoms with E-state index in [4.69, 9.17) is 9.47 Å². The molecule has 4 aromatic carbocycles. The number of nitrogens with one attached hydrogen (secondary N) is 4. The lowest BCUT2D eigenvalue weighted by Gasteiger charge is -2.43. The van der Waals surface area contributed by atoms with Crippen molar-refractivity contribution in [3.8, 4) is 11.5 Å². The number of phenolic OH excluding ortho intramolecular Hbond substituents is 1. The fourth-order valence-electron chi connectivity index (χ4n) is 7.67. The van der Waals surface area contributed by atoms with Crippen LogP contribution in [0.25, 0.3) is 10.9 Å². The molecule has 1 aromatic heterocycles. The van der Waals surface area contributed by atoms with Crippen LogP contribution in [0.5, 0.6) is 11.5 Å². The number of aromatic nitrogens is 1. The molecule has 0 saturated carbocycles. The summed E-state index contributed by atoms with van der Waals surface area (Å²) in [7, 11) is 0. The van der Waals surface area contributed by atoms with Crippen molar-refractivity contribution < 1.29 is 29.3 Å². The Labute approximate surface area is 325 Å². The molecule has 292 valence electrons.